The fourth-order valence-corrected chi connectivity index (χ4v) is 2.45. The fourth-order valence-electron chi connectivity index (χ4n) is 2.16. The van der Waals surface area contributed by atoms with Crippen LogP contribution in [0.5, 0.6) is 0 Å². The molecule has 0 radical (unpaired) electrons. The molecule has 1 saturated heterocycles. The van der Waals surface area contributed by atoms with Crippen molar-refractivity contribution in [2.24, 2.45) is 0 Å². The van der Waals surface area contributed by atoms with Crippen LogP contribution in [-0.2, 0) is 9.59 Å². The molecule has 0 bridgehead atoms. The summed E-state index contributed by atoms with van der Waals surface area (Å²) in [6.07, 6.45) is 5.74. The predicted octanol–water partition coefficient (Wildman–Crippen LogP) is 1.65. The Morgan fingerprint density at radius 1 is 1.44 bits per heavy atom. The Hall–Kier alpha value is -0.710. The van der Waals surface area contributed by atoms with Crippen LogP contribution in [0.25, 0.3) is 0 Å². The maximum Gasteiger partial charge on any atom is 0.232 e. The minimum atomic E-state index is -0.0472. The van der Waals surface area contributed by atoms with E-state index in [4.69, 9.17) is 0 Å². The van der Waals surface area contributed by atoms with Gasteiger partial charge >= 0.3 is 0 Å². The van der Waals surface area contributed by atoms with Crippen molar-refractivity contribution in [3.63, 3.8) is 0 Å². The predicted molar refractivity (Wildman–Crippen MR) is 75.6 cm³/mol. The van der Waals surface area contributed by atoms with Crippen molar-refractivity contribution in [2.75, 3.05) is 19.3 Å². The highest BCUT2D eigenvalue weighted by Gasteiger charge is 2.22. The fraction of sp³-hybridized carbons (Fsp3) is 0.846. The van der Waals surface area contributed by atoms with Crippen LogP contribution in [0.1, 0.15) is 39.5 Å². The third kappa shape index (κ3) is 4.52. The van der Waals surface area contributed by atoms with Crippen LogP contribution in [0.15, 0.2) is 0 Å². The van der Waals surface area contributed by atoms with Gasteiger partial charge in [-0.3, -0.25) is 9.59 Å². The standard InChI is InChI=1S/C13H24N2O2S/c1-10-6-4-5-9-15(10)12(16)7-8-14-13(17)11(2)18-3/h10-11H,4-9H2,1-3H3,(H,14,17)/t10-,11-/m1/s1. The minimum absolute atomic E-state index is 0.0157. The maximum atomic E-state index is 12.0. The summed E-state index contributed by atoms with van der Waals surface area (Å²) in [6, 6.07) is 0.354. The molecule has 104 valence electrons. The van der Waals surface area contributed by atoms with E-state index in [1.54, 1.807) is 0 Å². The zero-order valence-electron chi connectivity index (χ0n) is 11.6. The van der Waals surface area contributed by atoms with Crippen molar-refractivity contribution in [3.05, 3.63) is 0 Å². The van der Waals surface area contributed by atoms with Crippen molar-refractivity contribution in [2.45, 2.75) is 50.8 Å². The SMILES string of the molecule is CS[C@H](C)C(=O)NCCC(=O)N1CCCC[C@H]1C. The molecule has 1 rings (SSSR count). The number of carbonyl (C=O) groups excluding carboxylic acids is 2. The largest absolute Gasteiger partial charge is 0.355 e. The van der Waals surface area contributed by atoms with Crippen LogP contribution in [0, 0.1) is 0 Å². The van der Waals surface area contributed by atoms with Gasteiger partial charge in [0.25, 0.3) is 0 Å². The molecule has 2 amide bonds. The Bertz CT molecular complexity index is 297. The first-order valence-electron chi connectivity index (χ1n) is 6.66. The summed E-state index contributed by atoms with van der Waals surface area (Å²) in [4.78, 5) is 25.5. The van der Waals surface area contributed by atoms with E-state index in [1.165, 1.54) is 18.2 Å². The van der Waals surface area contributed by atoms with Crippen LogP contribution < -0.4 is 5.32 Å². The highest BCUT2D eigenvalue weighted by molar-refractivity contribution is 7.99. The van der Waals surface area contributed by atoms with Crippen LogP contribution >= 0.6 is 11.8 Å². The van der Waals surface area contributed by atoms with Gasteiger partial charge in [-0.15, -0.1) is 0 Å². The maximum absolute atomic E-state index is 12.0. The second-order valence-electron chi connectivity index (χ2n) is 4.85. The van der Waals surface area contributed by atoms with Gasteiger partial charge in [0, 0.05) is 25.6 Å². The number of hydrogen-bond acceptors (Lipinski definition) is 3. The number of piperidine rings is 1. The molecule has 18 heavy (non-hydrogen) atoms. The number of hydrogen-bond donors (Lipinski definition) is 1. The molecule has 0 aromatic carbocycles. The molecule has 1 aliphatic heterocycles. The van der Waals surface area contributed by atoms with Crippen LogP contribution in [0.4, 0.5) is 0 Å². The molecule has 0 unspecified atom stereocenters. The van der Waals surface area contributed by atoms with E-state index in [2.05, 4.69) is 12.2 Å². The Morgan fingerprint density at radius 3 is 2.78 bits per heavy atom. The average molecular weight is 272 g/mol. The highest BCUT2D eigenvalue weighted by Crippen LogP contribution is 2.17. The van der Waals surface area contributed by atoms with Crippen molar-refractivity contribution in [3.8, 4) is 0 Å². The van der Waals surface area contributed by atoms with Crippen LogP contribution in [0.2, 0.25) is 0 Å². The molecular formula is C13H24N2O2S. The number of thioether (sulfide) groups is 1. The van der Waals surface area contributed by atoms with Gasteiger partial charge in [-0.2, -0.15) is 11.8 Å². The monoisotopic (exact) mass is 272 g/mol. The molecular weight excluding hydrogens is 248 g/mol. The Morgan fingerprint density at radius 2 is 2.17 bits per heavy atom. The third-order valence-electron chi connectivity index (χ3n) is 3.48. The molecule has 1 fully saturated rings. The van der Waals surface area contributed by atoms with E-state index in [1.807, 2.05) is 18.1 Å². The van der Waals surface area contributed by atoms with Gasteiger partial charge in [0.1, 0.15) is 0 Å². The lowest BCUT2D eigenvalue weighted by molar-refractivity contribution is -0.134. The van der Waals surface area contributed by atoms with Gasteiger partial charge < -0.3 is 10.2 Å². The lowest BCUT2D eigenvalue weighted by Crippen LogP contribution is -2.43. The summed E-state index contributed by atoms with van der Waals surface area (Å²) in [5, 5.41) is 2.76. The van der Waals surface area contributed by atoms with E-state index in [0.717, 1.165) is 19.4 Å². The lowest BCUT2D eigenvalue weighted by Gasteiger charge is -2.33. The molecule has 1 aliphatic rings. The normalized spacial score (nSPS) is 21.5. The number of nitrogens with one attached hydrogen (secondary N) is 1. The van der Waals surface area contributed by atoms with Crippen molar-refractivity contribution in [1.82, 2.24) is 10.2 Å². The second kappa shape index (κ2) is 7.67. The molecule has 4 nitrogen and oxygen atoms in total. The smallest absolute Gasteiger partial charge is 0.232 e. The lowest BCUT2D eigenvalue weighted by atomic mass is 10.0. The summed E-state index contributed by atoms with van der Waals surface area (Å²) in [6.45, 7) is 5.29. The summed E-state index contributed by atoms with van der Waals surface area (Å²) in [7, 11) is 0. The first-order valence-corrected chi connectivity index (χ1v) is 7.95. The van der Waals surface area contributed by atoms with Crippen LogP contribution in [-0.4, -0.2) is 47.4 Å². The number of rotatable bonds is 5. The van der Waals surface area contributed by atoms with Gasteiger partial charge in [0.2, 0.25) is 11.8 Å². The zero-order valence-corrected chi connectivity index (χ0v) is 12.4. The van der Waals surface area contributed by atoms with E-state index in [9.17, 15) is 9.59 Å². The van der Waals surface area contributed by atoms with Gasteiger partial charge in [-0.25, -0.2) is 0 Å². The first-order chi connectivity index (χ1) is 8.56. The third-order valence-corrected chi connectivity index (χ3v) is 4.41. The van der Waals surface area contributed by atoms with E-state index >= 15 is 0 Å². The summed E-state index contributed by atoms with van der Waals surface area (Å²) in [5.74, 6) is 0.182. The molecule has 1 N–H and O–H groups in total. The minimum Gasteiger partial charge on any atom is -0.355 e. The van der Waals surface area contributed by atoms with Crippen molar-refractivity contribution < 1.29 is 9.59 Å². The van der Waals surface area contributed by atoms with Gasteiger partial charge in [0.05, 0.1) is 5.25 Å². The van der Waals surface area contributed by atoms with Gasteiger partial charge in [0.15, 0.2) is 0 Å². The molecule has 0 aromatic rings. The molecule has 0 aromatic heterocycles. The Balaban J connectivity index is 2.26. The van der Waals surface area contributed by atoms with Gasteiger partial charge in [-0.05, 0) is 39.4 Å². The van der Waals surface area contributed by atoms with Crippen LogP contribution in [0.3, 0.4) is 0 Å². The number of amides is 2. The quantitative estimate of drug-likeness (QED) is 0.828. The number of likely N-dealkylation sites (tertiary alicyclic amines) is 1. The van der Waals surface area contributed by atoms with Crippen molar-refractivity contribution in [1.29, 1.82) is 0 Å². The number of nitrogens with zero attached hydrogens (tertiary/aromatic N) is 1. The van der Waals surface area contributed by atoms with E-state index in [0.29, 0.717) is 19.0 Å². The summed E-state index contributed by atoms with van der Waals surface area (Å²) in [5.41, 5.74) is 0. The second-order valence-corrected chi connectivity index (χ2v) is 6.03. The first kappa shape index (κ1) is 15.3. The highest BCUT2D eigenvalue weighted by atomic mass is 32.2. The van der Waals surface area contributed by atoms with Gasteiger partial charge in [-0.1, -0.05) is 0 Å². The van der Waals surface area contributed by atoms with Crippen molar-refractivity contribution >= 4 is 23.6 Å². The summed E-state index contributed by atoms with van der Waals surface area (Å²) >= 11 is 1.51. The molecule has 5 heteroatoms. The molecule has 0 saturated carbocycles. The molecule has 0 aliphatic carbocycles. The molecule has 2 atom stereocenters. The average Bonchev–Trinajstić information content (AvgIpc) is 2.37. The van der Waals surface area contributed by atoms with E-state index < -0.39 is 0 Å². The molecule has 0 spiro atoms. The van der Waals surface area contributed by atoms with E-state index in [-0.39, 0.29) is 17.1 Å². The summed E-state index contributed by atoms with van der Waals surface area (Å²) < 4.78 is 0. The zero-order chi connectivity index (χ0) is 13.5. The Labute approximate surface area is 114 Å². The topological polar surface area (TPSA) is 49.4 Å². The Kier molecular flexibility index (Phi) is 6.54. The number of carbonyl (C=O) groups is 2. The molecule has 1 heterocycles.